The van der Waals surface area contributed by atoms with Crippen LogP contribution in [0, 0.1) is 18.4 Å². The third-order valence-electron chi connectivity index (χ3n) is 8.95. The lowest BCUT2D eigenvalue weighted by Crippen LogP contribution is -2.45. The first-order valence-electron chi connectivity index (χ1n) is 18.0. The van der Waals surface area contributed by atoms with Gasteiger partial charge in [-0.3, -0.25) is 14.2 Å². The molecule has 0 radical (unpaired) electrons. The Morgan fingerprint density at radius 1 is 0.915 bits per heavy atom. The van der Waals surface area contributed by atoms with Crippen molar-refractivity contribution in [1.82, 2.24) is 19.5 Å². The summed E-state index contributed by atoms with van der Waals surface area (Å²) in [5.41, 5.74) is 4.64. The van der Waals surface area contributed by atoms with E-state index in [0.717, 1.165) is 38.5 Å². The average Bonchev–Trinajstić information content (AvgIpc) is 3.64. The summed E-state index contributed by atoms with van der Waals surface area (Å²) in [6.45, 7) is 4.14. The molecule has 2 aromatic heterocycles. The van der Waals surface area contributed by atoms with Crippen LogP contribution in [0.3, 0.4) is 0 Å². The summed E-state index contributed by atoms with van der Waals surface area (Å²) in [7, 11) is 0. The van der Waals surface area contributed by atoms with Crippen molar-refractivity contribution in [2.24, 2.45) is 0 Å². The van der Waals surface area contributed by atoms with E-state index in [0.29, 0.717) is 6.42 Å². The molecule has 3 atom stereocenters. The highest BCUT2D eigenvalue weighted by molar-refractivity contribution is 5.81. The van der Waals surface area contributed by atoms with Gasteiger partial charge < -0.3 is 19.9 Å². The maximum atomic E-state index is 14.1. The van der Waals surface area contributed by atoms with Gasteiger partial charge in [0.25, 0.3) is 0 Å². The smallest absolute Gasteiger partial charge is 0.312 e. The first-order valence-corrected chi connectivity index (χ1v) is 18.0. The lowest BCUT2D eigenvalue weighted by Gasteiger charge is -2.28. The quantitative estimate of drug-likeness (QED) is 0.0514. The molecule has 0 aromatic carbocycles. The van der Waals surface area contributed by atoms with Crippen LogP contribution in [0.5, 0.6) is 0 Å². The second-order valence-corrected chi connectivity index (χ2v) is 12.8. The van der Waals surface area contributed by atoms with Gasteiger partial charge in [-0.05, 0) is 12.8 Å². The number of aromatic nitrogens is 4. The lowest BCUT2D eigenvalue weighted by molar-refractivity contribution is -0.166. The molecule has 2 N–H and O–H groups in total. The van der Waals surface area contributed by atoms with Gasteiger partial charge in [0.05, 0.1) is 6.33 Å². The number of anilines is 1. The van der Waals surface area contributed by atoms with Crippen molar-refractivity contribution in [2.45, 2.75) is 167 Å². The van der Waals surface area contributed by atoms with Gasteiger partial charge in [-0.1, -0.05) is 123 Å². The molecule has 262 valence electrons. The summed E-state index contributed by atoms with van der Waals surface area (Å²) < 4.78 is 33.4. The first-order chi connectivity index (χ1) is 22.8. The third kappa shape index (κ3) is 12.4. The number of nitrogen functional groups attached to an aromatic ring is 1. The van der Waals surface area contributed by atoms with Crippen molar-refractivity contribution in [3.63, 3.8) is 0 Å². The third-order valence-corrected chi connectivity index (χ3v) is 8.95. The molecule has 0 amide bonds. The molecule has 10 nitrogen and oxygen atoms in total. The average molecular weight is 658 g/mol. The zero-order valence-corrected chi connectivity index (χ0v) is 28.7. The minimum atomic E-state index is -1.54. The molecule has 0 aliphatic carbocycles. The number of imidazole rings is 1. The zero-order valence-electron chi connectivity index (χ0n) is 28.7. The van der Waals surface area contributed by atoms with Gasteiger partial charge >= 0.3 is 18.0 Å². The van der Waals surface area contributed by atoms with Crippen molar-refractivity contribution in [2.75, 3.05) is 12.3 Å². The molecule has 47 heavy (non-hydrogen) atoms. The molecule has 3 rings (SSSR count). The molecule has 1 aliphatic rings. The van der Waals surface area contributed by atoms with Crippen LogP contribution in [0.4, 0.5) is 10.2 Å². The number of ether oxygens (including phenoxy) is 3. The number of fused-ring (bicyclic) bond motifs is 1. The monoisotopic (exact) mass is 657 g/mol. The molecule has 1 fully saturated rings. The highest BCUT2D eigenvalue weighted by Gasteiger charge is 2.52. The summed E-state index contributed by atoms with van der Waals surface area (Å²) in [5, 5.41) is 0. The standard InChI is InChI=1S/C36H56FN5O5/c1-4-7-9-11-13-15-17-19-21-23-30(43)45-26-36(6-3)28(46-31(44)24-22-20-18-16-14-12-10-8-5-2)25-29(47-36)42-27-39-32-33(38)40-35(37)41-34(32)42/h3,27-29H,4-5,7-26H2,1-2H3,(H2,38,40,41)/t28-,29+,36+/m0/s1. The molecule has 0 saturated carbocycles. The van der Waals surface area contributed by atoms with E-state index in [1.807, 2.05) is 0 Å². The van der Waals surface area contributed by atoms with Crippen LogP contribution < -0.4 is 5.73 Å². The summed E-state index contributed by atoms with van der Waals surface area (Å²) in [5.74, 6) is 1.73. The Morgan fingerprint density at radius 2 is 1.45 bits per heavy atom. The van der Waals surface area contributed by atoms with Crippen LogP contribution in [0.1, 0.15) is 155 Å². The molecule has 1 saturated heterocycles. The van der Waals surface area contributed by atoms with Gasteiger partial charge in [0.1, 0.15) is 18.9 Å². The zero-order chi connectivity index (χ0) is 33.9. The van der Waals surface area contributed by atoms with E-state index in [9.17, 15) is 14.0 Å². The number of carbonyl (C=O) groups is 2. The molecule has 3 heterocycles. The minimum Gasteiger partial charge on any atom is -0.461 e. The van der Waals surface area contributed by atoms with Crippen molar-refractivity contribution in [1.29, 1.82) is 0 Å². The van der Waals surface area contributed by atoms with E-state index < -0.39 is 30.0 Å². The predicted molar refractivity (Wildman–Crippen MR) is 181 cm³/mol. The van der Waals surface area contributed by atoms with Gasteiger partial charge in [-0.2, -0.15) is 14.4 Å². The Bertz CT molecular complexity index is 1280. The number of rotatable bonds is 24. The topological polar surface area (TPSA) is 131 Å². The van der Waals surface area contributed by atoms with Gasteiger partial charge in [-0.15, -0.1) is 6.42 Å². The molecular formula is C36H56FN5O5. The van der Waals surface area contributed by atoms with Crippen LogP contribution in [-0.2, 0) is 23.8 Å². The van der Waals surface area contributed by atoms with Crippen LogP contribution in [-0.4, -0.2) is 49.8 Å². The Labute approximate surface area is 280 Å². The van der Waals surface area contributed by atoms with Crippen molar-refractivity contribution >= 4 is 28.9 Å². The van der Waals surface area contributed by atoms with E-state index in [1.54, 1.807) is 0 Å². The number of hydrogen-bond acceptors (Lipinski definition) is 9. The largest absolute Gasteiger partial charge is 0.461 e. The van der Waals surface area contributed by atoms with Gasteiger partial charge in [-0.25, -0.2) is 4.98 Å². The molecule has 0 spiro atoms. The molecule has 0 unspecified atom stereocenters. The molecule has 11 heteroatoms. The van der Waals surface area contributed by atoms with Crippen molar-refractivity contribution in [3.05, 3.63) is 12.4 Å². The highest BCUT2D eigenvalue weighted by atomic mass is 19.1. The van der Waals surface area contributed by atoms with Crippen LogP contribution >= 0.6 is 0 Å². The molecule has 2 aromatic rings. The number of nitrogens with two attached hydrogens (primary N) is 1. The Kier molecular flexibility index (Phi) is 17.0. The summed E-state index contributed by atoms with van der Waals surface area (Å²) >= 11 is 0. The van der Waals surface area contributed by atoms with Crippen LogP contribution in [0.2, 0.25) is 0 Å². The van der Waals surface area contributed by atoms with Crippen LogP contribution in [0.25, 0.3) is 11.2 Å². The van der Waals surface area contributed by atoms with Crippen molar-refractivity contribution < 1.29 is 28.2 Å². The first kappa shape index (κ1) is 38.2. The van der Waals surface area contributed by atoms with Crippen LogP contribution in [0.15, 0.2) is 6.33 Å². The fourth-order valence-electron chi connectivity index (χ4n) is 6.11. The molecular weight excluding hydrogens is 601 g/mol. The van der Waals surface area contributed by atoms with E-state index in [1.165, 1.54) is 81.5 Å². The number of unbranched alkanes of at least 4 members (excludes halogenated alkanes) is 16. The fraction of sp³-hybridized carbons (Fsp3) is 0.750. The Balaban J connectivity index is 1.57. The molecule has 1 aliphatic heterocycles. The van der Waals surface area contributed by atoms with Gasteiger partial charge in [0.2, 0.25) is 5.60 Å². The number of esters is 2. The Morgan fingerprint density at radius 3 is 2.00 bits per heavy atom. The number of halogens is 1. The van der Waals surface area contributed by atoms with E-state index in [2.05, 4.69) is 34.7 Å². The number of nitrogens with zero attached hydrogens (tertiary/aromatic N) is 4. The van der Waals surface area contributed by atoms with E-state index in [4.69, 9.17) is 26.4 Å². The maximum Gasteiger partial charge on any atom is 0.312 e. The minimum absolute atomic E-state index is 0.109. The SMILES string of the molecule is C#C[C@]1(COC(=O)CCCCCCCCCCC)O[C@@H](n2cnc3c(N)nc(F)nc32)C[C@@H]1OC(=O)CCCCCCCCCCC. The summed E-state index contributed by atoms with van der Waals surface area (Å²) in [4.78, 5) is 37.3. The second-order valence-electron chi connectivity index (χ2n) is 12.8. The number of carbonyl (C=O) groups excluding carboxylic acids is 2. The van der Waals surface area contributed by atoms with Gasteiger partial charge in [0.15, 0.2) is 17.0 Å². The highest BCUT2D eigenvalue weighted by Crippen LogP contribution is 2.40. The second kappa shape index (κ2) is 20.9. The van der Waals surface area contributed by atoms with Gasteiger partial charge in [0, 0.05) is 19.3 Å². The van der Waals surface area contributed by atoms with E-state index in [-0.39, 0.29) is 48.8 Å². The summed E-state index contributed by atoms with van der Waals surface area (Å²) in [6, 6.07) is 0. The molecule has 0 bridgehead atoms. The fourth-order valence-corrected chi connectivity index (χ4v) is 6.11. The number of terminal acetylenes is 1. The summed E-state index contributed by atoms with van der Waals surface area (Å²) in [6.07, 6.45) is 25.7. The maximum absolute atomic E-state index is 14.1. The van der Waals surface area contributed by atoms with Crippen molar-refractivity contribution in [3.8, 4) is 12.3 Å². The number of hydrogen-bond donors (Lipinski definition) is 1. The normalized spacial score (nSPS) is 19.2. The predicted octanol–water partition coefficient (Wildman–Crippen LogP) is 8.14. The lowest BCUT2D eigenvalue weighted by atomic mass is 9.98. The Hall–Kier alpha value is -3.26. The van der Waals surface area contributed by atoms with E-state index >= 15 is 0 Å².